The van der Waals surface area contributed by atoms with E-state index in [0.29, 0.717) is 0 Å². The van der Waals surface area contributed by atoms with Crippen molar-refractivity contribution in [3.8, 4) is 0 Å². The zero-order valence-corrected chi connectivity index (χ0v) is 7.36. The Morgan fingerprint density at radius 3 is 2.54 bits per heavy atom. The lowest BCUT2D eigenvalue weighted by atomic mass is 10.0. The summed E-state index contributed by atoms with van der Waals surface area (Å²) in [6.07, 6.45) is -0.161. The molecule has 0 unspecified atom stereocenters. The molecule has 0 bridgehead atoms. The highest BCUT2D eigenvalue weighted by molar-refractivity contribution is 5.86. The molecule has 3 nitrogen and oxygen atoms in total. The Kier molecular flexibility index (Phi) is 1.63. The van der Waals surface area contributed by atoms with Gasteiger partial charge in [0.15, 0.2) is 5.60 Å². The second-order valence-corrected chi connectivity index (χ2v) is 3.38. The fourth-order valence-electron chi connectivity index (χ4n) is 1.41. The Bertz CT molecular complexity index is 336. The highest BCUT2D eigenvalue weighted by atomic mass is 16.6. The molecule has 0 aliphatic carbocycles. The topological polar surface area (TPSA) is 55.6 Å². The summed E-state index contributed by atoms with van der Waals surface area (Å²) in [4.78, 5) is 11.0. The summed E-state index contributed by atoms with van der Waals surface area (Å²) in [7, 11) is 0. The third-order valence-electron chi connectivity index (χ3n) is 2.40. The van der Waals surface area contributed by atoms with Crippen molar-refractivity contribution < 1.29 is 9.53 Å². The van der Waals surface area contributed by atoms with Crippen LogP contribution in [0.1, 0.15) is 18.6 Å². The van der Waals surface area contributed by atoms with Crippen molar-refractivity contribution in [3.05, 3.63) is 35.9 Å². The third kappa shape index (κ3) is 1.21. The minimum atomic E-state index is -0.790. The molecule has 1 heterocycles. The van der Waals surface area contributed by atoms with E-state index in [4.69, 9.17) is 10.5 Å². The number of benzene rings is 1. The van der Waals surface area contributed by atoms with Crippen LogP contribution in [-0.2, 0) is 9.53 Å². The molecule has 13 heavy (non-hydrogen) atoms. The van der Waals surface area contributed by atoms with Gasteiger partial charge in [-0.2, -0.15) is 0 Å². The van der Waals surface area contributed by atoms with Gasteiger partial charge in [-0.15, -0.1) is 0 Å². The zero-order chi connectivity index (χ0) is 9.47. The van der Waals surface area contributed by atoms with Gasteiger partial charge in [-0.05, 0) is 12.5 Å². The van der Waals surface area contributed by atoms with Crippen molar-refractivity contribution >= 4 is 5.91 Å². The van der Waals surface area contributed by atoms with Gasteiger partial charge in [-0.1, -0.05) is 30.3 Å². The van der Waals surface area contributed by atoms with E-state index in [9.17, 15) is 4.79 Å². The maximum absolute atomic E-state index is 11.0. The predicted molar refractivity (Wildman–Crippen MR) is 47.9 cm³/mol. The Morgan fingerprint density at radius 2 is 2.08 bits per heavy atom. The van der Waals surface area contributed by atoms with E-state index < -0.39 is 11.5 Å². The summed E-state index contributed by atoms with van der Waals surface area (Å²) >= 11 is 0. The van der Waals surface area contributed by atoms with Crippen LogP contribution in [-0.4, -0.2) is 11.5 Å². The number of carbonyl (C=O) groups is 1. The SMILES string of the molecule is C[C@@]1(C(N)=O)O[C@H]1c1ccccc1. The van der Waals surface area contributed by atoms with Gasteiger partial charge in [0.05, 0.1) is 0 Å². The number of ether oxygens (including phenoxy) is 1. The molecule has 1 aliphatic rings. The van der Waals surface area contributed by atoms with Gasteiger partial charge in [0.2, 0.25) is 0 Å². The van der Waals surface area contributed by atoms with E-state index >= 15 is 0 Å². The predicted octanol–water partition coefficient (Wildman–Crippen LogP) is 1.00. The van der Waals surface area contributed by atoms with E-state index in [1.165, 1.54) is 0 Å². The second kappa shape index (κ2) is 2.57. The molecule has 1 aliphatic heterocycles. The number of nitrogens with two attached hydrogens (primary N) is 1. The molecular weight excluding hydrogens is 166 g/mol. The number of amides is 1. The van der Waals surface area contributed by atoms with Crippen LogP contribution in [0.4, 0.5) is 0 Å². The smallest absolute Gasteiger partial charge is 0.252 e. The molecule has 1 amide bonds. The van der Waals surface area contributed by atoms with Gasteiger partial charge in [0.1, 0.15) is 6.10 Å². The van der Waals surface area contributed by atoms with Crippen LogP contribution < -0.4 is 5.73 Å². The molecule has 68 valence electrons. The molecular formula is C10H11NO2. The lowest BCUT2D eigenvalue weighted by Crippen LogP contribution is -2.29. The molecule has 0 saturated carbocycles. The molecule has 0 aromatic heterocycles. The van der Waals surface area contributed by atoms with Gasteiger partial charge in [-0.25, -0.2) is 0 Å². The highest BCUT2D eigenvalue weighted by Gasteiger charge is 2.58. The summed E-state index contributed by atoms with van der Waals surface area (Å²) < 4.78 is 5.28. The van der Waals surface area contributed by atoms with Gasteiger partial charge in [0.25, 0.3) is 5.91 Å². The molecule has 3 heteroatoms. The summed E-state index contributed by atoms with van der Waals surface area (Å²) in [5.74, 6) is -0.402. The summed E-state index contributed by atoms with van der Waals surface area (Å²) in [6.45, 7) is 1.72. The first-order chi connectivity index (χ1) is 6.14. The average Bonchev–Trinajstić information content (AvgIpc) is 2.81. The third-order valence-corrected chi connectivity index (χ3v) is 2.40. The normalized spacial score (nSPS) is 31.3. The maximum atomic E-state index is 11.0. The molecule has 1 aromatic rings. The molecule has 1 saturated heterocycles. The van der Waals surface area contributed by atoms with E-state index in [0.717, 1.165) is 5.56 Å². The lowest BCUT2D eigenvalue weighted by Gasteiger charge is -1.99. The fraction of sp³-hybridized carbons (Fsp3) is 0.300. The van der Waals surface area contributed by atoms with Crippen LogP contribution in [0.15, 0.2) is 30.3 Å². The summed E-state index contributed by atoms with van der Waals surface area (Å²) in [5.41, 5.74) is 5.41. The number of rotatable bonds is 2. The van der Waals surface area contributed by atoms with Crippen LogP contribution in [0, 0.1) is 0 Å². The lowest BCUT2D eigenvalue weighted by molar-refractivity contribution is -0.122. The molecule has 2 atom stereocenters. The molecule has 2 N–H and O–H groups in total. The van der Waals surface area contributed by atoms with Crippen molar-refractivity contribution in [1.82, 2.24) is 0 Å². The van der Waals surface area contributed by atoms with Crippen molar-refractivity contribution in [1.29, 1.82) is 0 Å². The quantitative estimate of drug-likeness (QED) is 0.685. The van der Waals surface area contributed by atoms with Crippen molar-refractivity contribution in [3.63, 3.8) is 0 Å². The van der Waals surface area contributed by atoms with E-state index in [2.05, 4.69) is 0 Å². The van der Waals surface area contributed by atoms with Gasteiger partial charge >= 0.3 is 0 Å². The largest absolute Gasteiger partial charge is 0.367 e. The fourth-order valence-corrected chi connectivity index (χ4v) is 1.41. The van der Waals surface area contributed by atoms with Crippen LogP contribution in [0.5, 0.6) is 0 Å². The maximum Gasteiger partial charge on any atom is 0.252 e. The molecule has 2 rings (SSSR count). The Hall–Kier alpha value is -1.35. The number of epoxide rings is 1. The van der Waals surface area contributed by atoms with E-state index in [1.54, 1.807) is 6.92 Å². The van der Waals surface area contributed by atoms with Gasteiger partial charge in [-0.3, -0.25) is 4.79 Å². The van der Waals surface area contributed by atoms with Crippen molar-refractivity contribution in [2.45, 2.75) is 18.6 Å². The summed E-state index contributed by atoms with van der Waals surface area (Å²) in [6, 6.07) is 9.61. The van der Waals surface area contributed by atoms with Crippen molar-refractivity contribution in [2.75, 3.05) is 0 Å². The molecule has 1 aromatic carbocycles. The highest BCUT2D eigenvalue weighted by Crippen LogP contribution is 2.48. The Balaban J connectivity index is 2.21. The monoisotopic (exact) mass is 177 g/mol. The number of hydrogen-bond acceptors (Lipinski definition) is 2. The van der Waals surface area contributed by atoms with E-state index in [1.807, 2.05) is 30.3 Å². The molecule has 1 fully saturated rings. The number of primary amides is 1. The average molecular weight is 177 g/mol. The van der Waals surface area contributed by atoms with E-state index in [-0.39, 0.29) is 6.10 Å². The zero-order valence-electron chi connectivity index (χ0n) is 7.36. The number of hydrogen-bond donors (Lipinski definition) is 1. The van der Waals surface area contributed by atoms with Crippen LogP contribution in [0.25, 0.3) is 0 Å². The van der Waals surface area contributed by atoms with Crippen LogP contribution in [0.3, 0.4) is 0 Å². The first-order valence-electron chi connectivity index (χ1n) is 4.17. The summed E-state index contributed by atoms with van der Waals surface area (Å²) in [5, 5.41) is 0. The Morgan fingerprint density at radius 1 is 1.46 bits per heavy atom. The Labute approximate surface area is 76.5 Å². The second-order valence-electron chi connectivity index (χ2n) is 3.38. The van der Waals surface area contributed by atoms with Gasteiger partial charge in [0, 0.05) is 0 Å². The molecule has 0 spiro atoms. The van der Waals surface area contributed by atoms with Crippen LogP contribution in [0.2, 0.25) is 0 Å². The number of carbonyl (C=O) groups excluding carboxylic acids is 1. The minimum Gasteiger partial charge on any atom is -0.367 e. The molecule has 0 radical (unpaired) electrons. The first-order valence-corrected chi connectivity index (χ1v) is 4.17. The standard InChI is InChI=1S/C10H11NO2/c1-10(9(11)12)8(13-10)7-5-3-2-4-6-7/h2-6,8H,1H3,(H2,11,12)/t8-,10+/m0/s1. The van der Waals surface area contributed by atoms with Crippen LogP contribution >= 0.6 is 0 Å². The minimum absolute atomic E-state index is 0.161. The first kappa shape index (κ1) is 8.26. The van der Waals surface area contributed by atoms with Crippen molar-refractivity contribution in [2.24, 2.45) is 5.73 Å². The van der Waals surface area contributed by atoms with Gasteiger partial charge < -0.3 is 10.5 Å².